The molecular formula is C38H36N2O13. The number of esters is 1. The van der Waals surface area contributed by atoms with Crippen LogP contribution in [0.15, 0.2) is 47.3 Å². The molecule has 2 aromatic carbocycles. The summed E-state index contributed by atoms with van der Waals surface area (Å²) >= 11 is 0. The highest BCUT2D eigenvalue weighted by Crippen LogP contribution is 2.41. The number of nitrogens with zero attached hydrogens (tertiary/aromatic N) is 2. The number of carboxylic acids is 1. The molecule has 5 heterocycles. The second-order valence-electron chi connectivity index (χ2n) is 13.0. The molecule has 15 heteroatoms. The zero-order valence-corrected chi connectivity index (χ0v) is 28.6. The Morgan fingerprint density at radius 1 is 1.04 bits per heavy atom. The van der Waals surface area contributed by atoms with E-state index in [4.69, 9.17) is 35.1 Å². The Bertz CT molecular complexity index is 2240. The summed E-state index contributed by atoms with van der Waals surface area (Å²) in [6.07, 6.45) is -2.82. The molecule has 0 saturated carbocycles. The zero-order chi connectivity index (χ0) is 37.8. The molecule has 5 N–H and O–H groups in total. The van der Waals surface area contributed by atoms with Crippen molar-refractivity contribution in [1.82, 2.24) is 9.55 Å². The summed E-state index contributed by atoms with van der Waals surface area (Å²) in [5.41, 5.74) is 2.40. The van der Waals surface area contributed by atoms with Crippen LogP contribution in [0.2, 0.25) is 0 Å². The van der Waals surface area contributed by atoms with E-state index in [0.29, 0.717) is 34.6 Å². The van der Waals surface area contributed by atoms with Crippen LogP contribution in [0.4, 0.5) is 0 Å². The Labute approximate surface area is 301 Å². The highest BCUT2D eigenvalue weighted by Gasteiger charge is 2.48. The van der Waals surface area contributed by atoms with Crippen molar-refractivity contribution in [3.05, 3.63) is 80.6 Å². The van der Waals surface area contributed by atoms with Crippen molar-refractivity contribution in [2.45, 2.75) is 82.8 Å². The number of aryl methyl sites for hydroxylation is 1. The number of rotatable bonds is 10. The van der Waals surface area contributed by atoms with Crippen molar-refractivity contribution in [1.29, 1.82) is 0 Å². The molecule has 7 rings (SSSR count). The van der Waals surface area contributed by atoms with E-state index in [1.54, 1.807) is 35.8 Å². The first-order chi connectivity index (χ1) is 25.4. The third-order valence-electron chi connectivity index (χ3n) is 9.94. The molecule has 276 valence electrons. The number of aliphatic carboxylic acids is 1. The van der Waals surface area contributed by atoms with E-state index in [-0.39, 0.29) is 61.0 Å². The second-order valence-corrected chi connectivity index (χ2v) is 13.0. The van der Waals surface area contributed by atoms with Gasteiger partial charge in [0.15, 0.2) is 11.7 Å². The van der Waals surface area contributed by atoms with Gasteiger partial charge in [-0.2, -0.15) is 0 Å². The number of hydrogen-bond acceptors (Lipinski definition) is 13. The molecule has 0 amide bonds. The molecule has 6 atom stereocenters. The fraction of sp³-hybridized carbons (Fsp3) is 0.368. The van der Waals surface area contributed by atoms with Gasteiger partial charge >= 0.3 is 11.9 Å². The van der Waals surface area contributed by atoms with Crippen LogP contribution in [-0.2, 0) is 50.8 Å². The van der Waals surface area contributed by atoms with E-state index >= 15 is 0 Å². The Balaban J connectivity index is 1.15. The number of pyridine rings is 2. The minimum absolute atomic E-state index is 0.0214. The number of ether oxygens (including phenoxy) is 5. The number of carboxylic acid groups (broad SMARTS) is 1. The fourth-order valence-electron chi connectivity index (χ4n) is 7.06. The van der Waals surface area contributed by atoms with Crippen LogP contribution in [-0.4, -0.2) is 84.3 Å². The number of fused-ring (bicyclic) bond motifs is 5. The molecule has 0 bridgehead atoms. The first-order valence-electron chi connectivity index (χ1n) is 16.9. The quantitative estimate of drug-likeness (QED) is 0.102. The van der Waals surface area contributed by atoms with Crippen LogP contribution in [0.5, 0.6) is 17.2 Å². The number of carbonyl (C=O) groups is 2. The predicted molar refractivity (Wildman–Crippen MR) is 184 cm³/mol. The molecule has 0 unspecified atom stereocenters. The Morgan fingerprint density at radius 2 is 1.81 bits per heavy atom. The molecule has 3 aliphatic heterocycles. The van der Waals surface area contributed by atoms with E-state index < -0.39 is 48.2 Å². The van der Waals surface area contributed by atoms with Gasteiger partial charge in [0.2, 0.25) is 6.29 Å². The maximum atomic E-state index is 13.7. The lowest BCUT2D eigenvalue weighted by Gasteiger charge is -2.38. The van der Waals surface area contributed by atoms with Gasteiger partial charge < -0.3 is 53.8 Å². The molecule has 2 aromatic heterocycles. The molecule has 3 aliphatic rings. The van der Waals surface area contributed by atoms with Gasteiger partial charge in [-0.15, -0.1) is 6.42 Å². The summed E-state index contributed by atoms with van der Waals surface area (Å²) in [5.74, 6) is 0.931. The first kappa shape index (κ1) is 35.9. The summed E-state index contributed by atoms with van der Waals surface area (Å²) < 4.78 is 29.6. The third kappa shape index (κ3) is 6.04. The Kier molecular flexibility index (Phi) is 9.35. The largest absolute Gasteiger partial charge is 0.489 e. The number of terminal acetylenes is 1. The van der Waals surface area contributed by atoms with Crippen LogP contribution in [0.25, 0.3) is 22.3 Å². The lowest BCUT2D eigenvalue weighted by molar-refractivity contribution is -0.271. The lowest BCUT2D eigenvalue weighted by Crippen LogP contribution is -2.61. The third-order valence-corrected chi connectivity index (χ3v) is 9.94. The van der Waals surface area contributed by atoms with Crippen molar-refractivity contribution < 1.29 is 58.8 Å². The predicted octanol–water partition coefficient (Wildman–Crippen LogP) is 1.50. The molecule has 0 aliphatic carbocycles. The number of cyclic esters (lactones) is 1. The monoisotopic (exact) mass is 728 g/mol. The summed E-state index contributed by atoms with van der Waals surface area (Å²) in [6, 6.07) is 11.7. The average Bonchev–Trinajstić information content (AvgIpc) is 3.52. The number of aliphatic hydroxyl groups is 4. The SMILES string of the molecule is C#CCOc1cc(O[C@@H]2O[C@H](C(=O)O)[C@@H](O)[C@H](O)[C@H]2O)ccc1COc1ccc2nc3c(c(CC)c2c1)Cn1c-3cc2c(c1=O)COC(=O)[C@]2(O)CC. The molecule has 1 saturated heterocycles. The van der Waals surface area contributed by atoms with Gasteiger partial charge in [-0.3, -0.25) is 4.79 Å². The van der Waals surface area contributed by atoms with E-state index in [1.807, 2.05) is 13.0 Å². The lowest BCUT2D eigenvalue weighted by atomic mass is 9.86. The molecule has 53 heavy (non-hydrogen) atoms. The molecule has 15 nitrogen and oxygen atoms in total. The molecule has 4 aromatic rings. The summed E-state index contributed by atoms with van der Waals surface area (Å²) in [6.45, 7) is 3.62. The fourth-order valence-corrected chi connectivity index (χ4v) is 7.06. The van der Waals surface area contributed by atoms with Crippen LogP contribution in [0.1, 0.15) is 48.1 Å². The zero-order valence-electron chi connectivity index (χ0n) is 28.6. The van der Waals surface area contributed by atoms with Crippen LogP contribution >= 0.6 is 0 Å². The van der Waals surface area contributed by atoms with Crippen molar-refractivity contribution in [2.75, 3.05) is 6.61 Å². The smallest absolute Gasteiger partial charge is 0.343 e. The summed E-state index contributed by atoms with van der Waals surface area (Å²) in [4.78, 5) is 42.6. The standard InChI is InChI=1S/C38H36N2O13/c1-4-11-49-28-13-20(52-36-32(43)30(41)31(42)33(53-36)35(45)46)8-7-18(28)16-50-19-9-10-26-22(12-19)21(5-2)23-15-40-27(29(23)39-26)14-25-24(34(40)44)17-51-37(47)38(25,48)6-3/h1,7-10,12-14,30-33,36,41-43,48H,5-6,11,15-17H2,2-3H3,(H,45,46)/t30-,31-,32+,33-,36+,38-/m0/s1. The van der Waals surface area contributed by atoms with Gasteiger partial charge in [-0.25, -0.2) is 14.6 Å². The maximum Gasteiger partial charge on any atom is 0.343 e. The second kappa shape index (κ2) is 13.8. The van der Waals surface area contributed by atoms with Gasteiger partial charge in [-0.1, -0.05) is 19.8 Å². The number of aromatic nitrogens is 2. The summed E-state index contributed by atoms with van der Waals surface area (Å²) in [5, 5.41) is 51.9. The van der Waals surface area contributed by atoms with Crippen molar-refractivity contribution in [3.8, 4) is 41.0 Å². The van der Waals surface area contributed by atoms with Crippen molar-refractivity contribution in [3.63, 3.8) is 0 Å². The van der Waals surface area contributed by atoms with Crippen LogP contribution in [0, 0.1) is 12.3 Å². The maximum absolute atomic E-state index is 13.7. The van der Waals surface area contributed by atoms with Crippen LogP contribution in [0.3, 0.4) is 0 Å². The van der Waals surface area contributed by atoms with Gasteiger partial charge in [0.25, 0.3) is 5.56 Å². The highest BCUT2D eigenvalue weighted by molar-refractivity contribution is 5.90. The number of benzene rings is 2. The van der Waals surface area contributed by atoms with Gasteiger partial charge in [0.1, 0.15) is 55.4 Å². The molecule has 0 spiro atoms. The topological polar surface area (TPSA) is 216 Å². The van der Waals surface area contributed by atoms with E-state index in [2.05, 4.69) is 5.92 Å². The molecular weight excluding hydrogens is 692 g/mol. The average molecular weight is 729 g/mol. The minimum atomic E-state index is -1.92. The Morgan fingerprint density at radius 3 is 2.53 bits per heavy atom. The van der Waals surface area contributed by atoms with Crippen molar-refractivity contribution >= 4 is 22.8 Å². The number of carbonyl (C=O) groups excluding carboxylic acids is 1. The van der Waals surface area contributed by atoms with E-state index in [9.17, 15) is 39.9 Å². The van der Waals surface area contributed by atoms with Crippen LogP contribution < -0.4 is 19.8 Å². The highest BCUT2D eigenvalue weighted by atomic mass is 16.7. The van der Waals surface area contributed by atoms with E-state index in [0.717, 1.165) is 16.5 Å². The van der Waals surface area contributed by atoms with Gasteiger partial charge in [0.05, 0.1) is 29.0 Å². The van der Waals surface area contributed by atoms with E-state index in [1.165, 1.54) is 12.1 Å². The molecule has 1 fully saturated rings. The number of aliphatic hydroxyl groups excluding tert-OH is 3. The summed E-state index contributed by atoms with van der Waals surface area (Å²) in [7, 11) is 0. The Hall–Kier alpha value is -5.50. The van der Waals surface area contributed by atoms with Gasteiger partial charge in [0, 0.05) is 28.1 Å². The normalized spacial score (nSPS) is 24.4. The van der Waals surface area contributed by atoms with Gasteiger partial charge in [-0.05, 0) is 54.8 Å². The van der Waals surface area contributed by atoms with Crippen molar-refractivity contribution in [2.24, 2.45) is 0 Å². The molecule has 0 radical (unpaired) electrons. The first-order valence-corrected chi connectivity index (χ1v) is 16.9. The number of hydrogen-bond donors (Lipinski definition) is 5. The minimum Gasteiger partial charge on any atom is -0.489 e.